The predicted molar refractivity (Wildman–Crippen MR) is 122 cm³/mol. The van der Waals surface area contributed by atoms with Crippen molar-refractivity contribution >= 4 is 23.4 Å². The van der Waals surface area contributed by atoms with Gasteiger partial charge in [0.15, 0.2) is 0 Å². The second kappa shape index (κ2) is 7.42. The first-order valence-electron chi connectivity index (χ1n) is 11.8. The Morgan fingerprint density at radius 1 is 0.970 bits per heavy atom. The molecule has 6 rings (SSSR count). The molecule has 2 aromatic rings. The number of nitrogens with zero attached hydrogens (tertiary/aromatic N) is 3. The lowest BCUT2D eigenvalue weighted by Gasteiger charge is -2.48. The van der Waals surface area contributed by atoms with Crippen LogP contribution in [0.5, 0.6) is 0 Å². The number of hydrogen-bond acceptors (Lipinski definition) is 4. The summed E-state index contributed by atoms with van der Waals surface area (Å²) < 4.78 is 0. The SMILES string of the molecule is O=C(CN1C(=O)c2ccccc2N2C(=O)c3ccccc3C12)N1CCC2(O)CCCCC2C1. The highest BCUT2D eigenvalue weighted by molar-refractivity contribution is 6.17. The van der Waals surface area contributed by atoms with Gasteiger partial charge in [0.2, 0.25) is 5.91 Å². The van der Waals surface area contributed by atoms with E-state index in [0.29, 0.717) is 36.3 Å². The first-order valence-corrected chi connectivity index (χ1v) is 11.8. The van der Waals surface area contributed by atoms with E-state index in [-0.39, 0.29) is 30.2 Å². The average Bonchev–Trinajstić information content (AvgIpc) is 3.13. The number of hydrogen-bond donors (Lipinski definition) is 1. The van der Waals surface area contributed by atoms with Crippen molar-refractivity contribution in [2.45, 2.75) is 43.9 Å². The van der Waals surface area contributed by atoms with Crippen LogP contribution in [-0.4, -0.2) is 57.9 Å². The Hall–Kier alpha value is -3.19. The zero-order chi connectivity index (χ0) is 22.7. The summed E-state index contributed by atoms with van der Waals surface area (Å²) in [6.45, 7) is 0.924. The van der Waals surface area contributed by atoms with Crippen LogP contribution in [0.3, 0.4) is 0 Å². The summed E-state index contributed by atoms with van der Waals surface area (Å²) in [7, 11) is 0. The van der Waals surface area contributed by atoms with Gasteiger partial charge in [0.05, 0.1) is 16.9 Å². The third-order valence-corrected chi connectivity index (χ3v) is 7.97. The molecule has 3 atom stereocenters. The maximum Gasteiger partial charge on any atom is 0.260 e. The molecule has 0 radical (unpaired) electrons. The number of para-hydroxylation sites is 1. The highest BCUT2D eigenvalue weighted by Crippen LogP contribution is 2.45. The highest BCUT2D eigenvalue weighted by atomic mass is 16.3. The second-order valence-corrected chi connectivity index (χ2v) is 9.72. The fourth-order valence-electron chi connectivity index (χ4n) is 6.18. The van der Waals surface area contributed by atoms with E-state index in [1.165, 1.54) is 4.90 Å². The van der Waals surface area contributed by atoms with Crippen LogP contribution < -0.4 is 4.90 Å². The van der Waals surface area contributed by atoms with Crippen molar-refractivity contribution in [1.82, 2.24) is 9.80 Å². The van der Waals surface area contributed by atoms with Gasteiger partial charge in [-0.3, -0.25) is 19.3 Å². The van der Waals surface area contributed by atoms with Crippen molar-refractivity contribution in [3.63, 3.8) is 0 Å². The van der Waals surface area contributed by atoms with Crippen LogP contribution in [0.2, 0.25) is 0 Å². The number of rotatable bonds is 2. The van der Waals surface area contributed by atoms with Gasteiger partial charge >= 0.3 is 0 Å². The number of carbonyl (C=O) groups excluding carboxylic acids is 3. The highest BCUT2D eigenvalue weighted by Gasteiger charge is 2.49. The molecular formula is C26H27N3O4. The van der Waals surface area contributed by atoms with E-state index in [9.17, 15) is 19.5 Å². The Morgan fingerprint density at radius 3 is 2.58 bits per heavy atom. The molecule has 3 heterocycles. The van der Waals surface area contributed by atoms with E-state index in [0.717, 1.165) is 31.2 Å². The zero-order valence-electron chi connectivity index (χ0n) is 18.4. The molecule has 3 aliphatic heterocycles. The van der Waals surface area contributed by atoms with E-state index in [4.69, 9.17) is 0 Å². The maximum absolute atomic E-state index is 13.6. The molecule has 1 saturated heterocycles. The molecular weight excluding hydrogens is 418 g/mol. The van der Waals surface area contributed by atoms with E-state index >= 15 is 0 Å². The van der Waals surface area contributed by atoms with Crippen molar-refractivity contribution in [3.05, 3.63) is 65.2 Å². The number of piperidine rings is 1. The molecule has 1 aliphatic carbocycles. The molecule has 1 N–H and O–H groups in total. The largest absolute Gasteiger partial charge is 0.389 e. The van der Waals surface area contributed by atoms with Crippen molar-refractivity contribution < 1.29 is 19.5 Å². The minimum atomic E-state index is -0.664. The van der Waals surface area contributed by atoms with Crippen LogP contribution in [0.1, 0.15) is 64.5 Å². The van der Waals surface area contributed by atoms with Gasteiger partial charge in [-0.05, 0) is 37.5 Å². The van der Waals surface area contributed by atoms with Crippen LogP contribution >= 0.6 is 0 Å². The first-order chi connectivity index (χ1) is 16.0. The van der Waals surface area contributed by atoms with Crippen LogP contribution in [0.25, 0.3) is 0 Å². The van der Waals surface area contributed by atoms with Gasteiger partial charge in [0, 0.05) is 30.1 Å². The Labute approximate surface area is 192 Å². The van der Waals surface area contributed by atoms with E-state index in [1.807, 2.05) is 24.3 Å². The molecule has 3 amide bonds. The minimum absolute atomic E-state index is 0.0898. The minimum Gasteiger partial charge on any atom is -0.389 e. The Kier molecular flexibility index (Phi) is 4.59. The lowest BCUT2D eigenvalue weighted by atomic mass is 9.71. The fraction of sp³-hybridized carbons (Fsp3) is 0.423. The van der Waals surface area contributed by atoms with Crippen LogP contribution in [0, 0.1) is 5.92 Å². The van der Waals surface area contributed by atoms with Crippen molar-refractivity contribution in [2.24, 2.45) is 5.92 Å². The number of likely N-dealkylation sites (tertiary alicyclic amines) is 1. The van der Waals surface area contributed by atoms with Gasteiger partial charge in [-0.1, -0.05) is 43.2 Å². The fourth-order valence-corrected chi connectivity index (χ4v) is 6.18. The van der Waals surface area contributed by atoms with Crippen LogP contribution in [0.4, 0.5) is 5.69 Å². The monoisotopic (exact) mass is 445 g/mol. The number of carbonyl (C=O) groups is 3. The molecule has 0 bridgehead atoms. The van der Waals surface area contributed by atoms with E-state index in [1.54, 1.807) is 34.1 Å². The van der Waals surface area contributed by atoms with Crippen LogP contribution in [0.15, 0.2) is 48.5 Å². The van der Waals surface area contributed by atoms with Gasteiger partial charge in [-0.2, -0.15) is 0 Å². The van der Waals surface area contributed by atoms with Gasteiger partial charge in [-0.15, -0.1) is 0 Å². The van der Waals surface area contributed by atoms with Crippen molar-refractivity contribution in [1.29, 1.82) is 0 Å². The number of benzene rings is 2. The Balaban J connectivity index is 1.32. The third kappa shape index (κ3) is 3.02. The molecule has 7 heteroatoms. The summed E-state index contributed by atoms with van der Waals surface area (Å²) in [4.78, 5) is 45.3. The smallest absolute Gasteiger partial charge is 0.260 e. The van der Waals surface area contributed by atoms with Gasteiger partial charge in [0.1, 0.15) is 12.7 Å². The normalized spacial score (nSPS) is 28.2. The third-order valence-electron chi connectivity index (χ3n) is 7.97. The van der Waals surface area contributed by atoms with E-state index in [2.05, 4.69) is 0 Å². The summed E-state index contributed by atoms with van der Waals surface area (Å²) in [5.74, 6) is -0.437. The van der Waals surface area contributed by atoms with Crippen LogP contribution in [-0.2, 0) is 4.79 Å². The molecule has 3 unspecified atom stereocenters. The molecule has 2 fully saturated rings. The lowest BCUT2D eigenvalue weighted by molar-refractivity contribution is -0.144. The number of amides is 3. The summed E-state index contributed by atoms with van der Waals surface area (Å²) in [6.07, 6.45) is 3.79. The molecule has 1 saturated carbocycles. The molecule has 33 heavy (non-hydrogen) atoms. The maximum atomic E-state index is 13.6. The number of fused-ring (bicyclic) bond motifs is 6. The molecule has 0 spiro atoms. The Morgan fingerprint density at radius 2 is 1.73 bits per heavy atom. The van der Waals surface area contributed by atoms with Gasteiger partial charge in [-0.25, -0.2) is 0 Å². The first kappa shape index (κ1) is 20.4. The number of aliphatic hydroxyl groups is 1. The average molecular weight is 446 g/mol. The molecule has 7 nitrogen and oxygen atoms in total. The molecule has 0 aromatic heterocycles. The summed E-state index contributed by atoms with van der Waals surface area (Å²) in [5.41, 5.74) is 1.67. The lowest BCUT2D eigenvalue weighted by Crippen LogP contribution is -2.57. The molecule has 2 aromatic carbocycles. The quantitative estimate of drug-likeness (QED) is 0.771. The summed E-state index contributed by atoms with van der Waals surface area (Å²) in [5, 5.41) is 11.0. The number of anilines is 1. The molecule has 4 aliphatic rings. The summed E-state index contributed by atoms with van der Waals surface area (Å²) in [6, 6.07) is 14.4. The van der Waals surface area contributed by atoms with E-state index < -0.39 is 11.8 Å². The van der Waals surface area contributed by atoms with Gasteiger partial charge < -0.3 is 14.9 Å². The van der Waals surface area contributed by atoms with Gasteiger partial charge in [0.25, 0.3) is 11.8 Å². The second-order valence-electron chi connectivity index (χ2n) is 9.72. The molecule has 170 valence electrons. The van der Waals surface area contributed by atoms with Crippen molar-refractivity contribution in [2.75, 3.05) is 24.5 Å². The zero-order valence-corrected chi connectivity index (χ0v) is 18.4. The predicted octanol–water partition coefficient (Wildman–Crippen LogP) is 2.96. The summed E-state index contributed by atoms with van der Waals surface area (Å²) >= 11 is 0. The standard InChI is InChI=1S/C26H27N3O4/c30-22(27-14-13-26(33)12-6-5-7-17(26)15-27)16-28-23-18-8-1-2-9-19(18)25(32)29(23)21-11-4-3-10-20(21)24(28)31/h1-4,8-11,17,23,33H,5-7,12-16H2. The Bertz CT molecular complexity index is 1160. The topological polar surface area (TPSA) is 81.2 Å². The van der Waals surface area contributed by atoms with Crippen molar-refractivity contribution in [3.8, 4) is 0 Å².